The number of halogens is 2. The van der Waals surface area contributed by atoms with Gasteiger partial charge >= 0.3 is 5.69 Å². The van der Waals surface area contributed by atoms with E-state index in [2.05, 4.69) is 15.5 Å². The van der Waals surface area contributed by atoms with E-state index in [1.54, 1.807) is 23.6 Å². The summed E-state index contributed by atoms with van der Waals surface area (Å²) in [6, 6.07) is 4.32. The van der Waals surface area contributed by atoms with E-state index in [0.29, 0.717) is 32.1 Å². The van der Waals surface area contributed by atoms with E-state index >= 15 is 0 Å². The van der Waals surface area contributed by atoms with Crippen molar-refractivity contribution in [3.63, 3.8) is 0 Å². The topological polar surface area (TPSA) is 112 Å². The highest BCUT2D eigenvalue weighted by molar-refractivity contribution is 7.99. The van der Waals surface area contributed by atoms with E-state index in [4.69, 9.17) is 27.9 Å². The van der Waals surface area contributed by atoms with Gasteiger partial charge in [0.2, 0.25) is 5.91 Å². The van der Waals surface area contributed by atoms with Gasteiger partial charge in [-0.3, -0.25) is 19.3 Å². The first-order valence-corrected chi connectivity index (χ1v) is 9.49. The normalized spacial score (nSPS) is 10.9. The molecule has 0 atom stereocenters. The number of pyridine rings is 1. The average Bonchev–Trinajstić information content (AvgIpc) is 3.04. The Morgan fingerprint density at radius 1 is 1.36 bits per heavy atom. The summed E-state index contributed by atoms with van der Waals surface area (Å²) in [4.78, 5) is 22.8. The van der Waals surface area contributed by atoms with Crippen molar-refractivity contribution < 1.29 is 14.5 Å². The van der Waals surface area contributed by atoms with Crippen LogP contribution in [0.25, 0.3) is 5.65 Å². The van der Waals surface area contributed by atoms with Gasteiger partial charge in [-0.05, 0) is 18.6 Å². The molecular formula is C16H13Cl2N5O4S. The van der Waals surface area contributed by atoms with E-state index in [0.717, 1.165) is 11.8 Å². The number of carbonyl (C=O) groups excluding carboxylic acids is 1. The van der Waals surface area contributed by atoms with Crippen molar-refractivity contribution in [2.24, 2.45) is 0 Å². The number of fused-ring (bicyclic) bond motifs is 1. The summed E-state index contributed by atoms with van der Waals surface area (Å²) in [5, 5.41) is 23.0. The SMILES string of the molecule is COc1cc(NC(=O)CSc2nnc3c(Cl)cc(Cl)cn23)c(C)cc1[N+](=O)[O-]. The molecule has 0 aliphatic heterocycles. The van der Waals surface area contributed by atoms with Crippen LogP contribution in [0.5, 0.6) is 5.75 Å². The Hall–Kier alpha value is -2.56. The highest BCUT2D eigenvalue weighted by Crippen LogP contribution is 2.33. The molecular weight excluding hydrogens is 429 g/mol. The fourth-order valence-corrected chi connectivity index (χ4v) is 3.65. The molecule has 0 saturated carbocycles. The van der Waals surface area contributed by atoms with Gasteiger partial charge in [0.15, 0.2) is 16.6 Å². The third-order valence-electron chi connectivity index (χ3n) is 3.72. The van der Waals surface area contributed by atoms with Crippen LogP contribution in [0, 0.1) is 17.0 Å². The van der Waals surface area contributed by atoms with Crippen LogP contribution in [0.2, 0.25) is 10.0 Å². The highest BCUT2D eigenvalue weighted by atomic mass is 35.5. The van der Waals surface area contributed by atoms with Crippen LogP contribution in [0.1, 0.15) is 5.56 Å². The van der Waals surface area contributed by atoms with E-state index in [1.165, 1.54) is 19.2 Å². The van der Waals surface area contributed by atoms with Crippen LogP contribution in [-0.2, 0) is 4.79 Å². The molecule has 2 aromatic heterocycles. The number of aromatic nitrogens is 3. The number of nitro groups is 1. The summed E-state index contributed by atoms with van der Waals surface area (Å²) in [5.41, 5.74) is 1.23. The van der Waals surface area contributed by atoms with Crippen molar-refractivity contribution in [2.45, 2.75) is 12.1 Å². The van der Waals surface area contributed by atoms with Crippen LogP contribution in [0.3, 0.4) is 0 Å². The maximum Gasteiger partial charge on any atom is 0.311 e. The standard InChI is InChI=1S/C16H13Cl2N5O4S/c1-8-3-12(23(25)26)13(27-2)5-11(8)19-14(24)7-28-16-21-20-15-10(18)4-9(17)6-22(15)16/h3-6H,7H2,1-2H3,(H,19,24). The monoisotopic (exact) mass is 441 g/mol. The van der Waals surface area contributed by atoms with Crippen LogP contribution in [-0.4, -0.2) is 38.3 Å². The number of ether oxygens (including phenoxy) is 1. The third-order valence-corrected chi connectivity index (χ3v) is 5.15. The number of benzene rings is 1. The van der Waals surface area contributed by atoms with Crippen molar-refractivity contribution in [1.82, 2.24) is 14.6 Å². The molecule has 0 bridgehead atoms. The molecule has 0 aliphatic carbocycles. The molecule has 0 fully saturated rings. The summed E-state index contributed by atoms with van der Waals surface area (Å²) in [5.74, 6) is -0.232. The first kappa shape index (κ1) is 20.2. The fourth-order valence-electron chi connectivity index (χ4n) is 2.43. The first-order chi connectivity index (χ1) is 13.3. The number of amides is 1. The molecule has 3 rings (SSSR count). The number of aryl methyl sites for hydroxylation is 1. The lowest BCUT2D eigenvalue weighted by molar-refractivity contribution is -0.385. The predicted molar refractivity (Wildman–Crippen MR) is 107 cm³/mol. The molecule has 2 heterocycles. The predicted octanol–water partition coefficient (Wildman–Crippen LogP) is 3.99. The van der Waals surface area contributed by atoms with E-state index in [9.17, 15) is 14.9 Å². The van der Waals surface area contributed by atoms with Crippen LogP contribution >= 0.6 is 35.0 Å². The van der Waals surface area contributed by atoms with Crippen LogP contribution in [0.4, 0.5) is 11.4 Å². The van der Waals surface area contributed by atoms with Gasteiger partial charge in [0.1, 0.15) is 0 Å². The van der Waals surface area contributed by atoms with E-state index in [1.807, 2.05) is 0 Å². The zero-order valence-electron chi connectivity index (χ0n) is 14.6. The number of nitro benzene ring substituents is 1. The largest absolute Gasteiger partial charge is 0.490 e. The van der Waals surface area contributed by atoms with Gasteiger partial charge in [0.05, 0.1) is 27.8 Å². The second kappa shape index (κ2) is 8.21. The van der Waals surface area contributed by atoms with Crippen molar-refractivity contribution in [1.29, 1.82) is 0 Å². The molecule has 1 N–H and O–H groups in total. The van der Waals surface area contributed by atoms with Crippen molar-refractivity contribution in [3.05, 3.63) is 50.1 Å². The Kier molecular flexibility index (Phi) is 5.92. The minimum atomic E-state index is -0.542. The Bertz CT molecular complexity index is 1090. The second-order valence-electron chi connectivity index (χ2n) is 5.62. The number of nitrogens with one attached hydrogen (secondary N) is 1. The highest BCUT2D eigenvalue weighted by Gasteiger charge is 2.19. The lowest BCUT2D eigenvalue weighted by Gasteiger charge is -2.10. The molecule has 0 saturated heterocycles. The van der Waals surface area contributed by atoms with Gasteiger partial charge in [-0.1, -0.05) is 35.0 Å². The third kappa shape index (κ3) is 4.13. The molecule has 9 nitrogen and oxygen atoms in total. The summed E-state index contributed by atoms with van der Waals surface area (Å²) < 4.78 is 6.63. The summed E-state index contributed by atoms with van der Waals surface area (Å²) >= 11 is 13.2. The number of carbonyl (C=O) groups is 1. The number of anilines is 1. The molecule has 146 valence electrons. The molecule has 3 aromatic rings. The molecule has 0 radical (unpaired) electrons. The van der Waals surface area contributed by atoms with E-state index < -0.39 is 4.92 Å². The number of hydrogen-bond donors (Lipinski definition) is 1. The number of thioether (sulfide) groups is 1. The Labute approximate surface area is 173 Å². The lowest BCUT2D eigenvalue weighted by Crippen LogP contribution is -2.15. The van der Waals surface area contributed by atoms with Crippen molar-refractivity contribution in [3.8, 4) is 5.75 Å². The van der Waals surface area contributed by atoms with Gasteiger partial charge in [0, 0.05) is 24.0 Å². The van der Waals surface area contributed by atoms with Gasteiger partial charge < -0.3 is 10.1 Å². The summed E-state index contributed by atoms with van der Waals surface area (Å²) in [7, 11) is 1.33. The zero-order chi connectivity index (χ0) is 20.4. The molecule has 28 heavy (non-hydrogen) atoms. The molecule has 0 aliphatic rings. The molecule has 1 aromatic carbocycles. The van der Waals surface area contributed by atoms with Crippen LogP contribution in [0.15, 0.2) is 29.6 Å². The van der Waals surface area contributed by atoms with E-state index in [-0.39, 0.29) is 23.1 Å². The van der Waals surface area contributed by atoms with Crippen molar-refractivity contribution in [2.75, 3.05) is 18.2 Å². The average molecular weight is 442 g/mol. The second-order valence-corrected chi connectivity index (χ2v) is 7.40. The van der Waals surface area contributed by atoms with Gasteiger partial charge in [-0.2, -0.15) is 0 Å². The lowest BCUT2D eigenvalue weighted by atomic mass is 10.1. The maximum atomic E-state index is 12.3. The van der Waals surface area contributed by atoms with Crippen LogP contribution < -0.4 is 10.1 Å². The van der Waals surface area contributed by atoms with Gasteiger partial charge in [-0.15, -0.1) is 10.2 Å². The maximum absolute atomic E-state index is 12.3. The minimum absolute atomic E-state index is 0.0314. The minimum Gasteiger partial charge on any atom is -0.490 e. The molecule has 12 heteroatoms. The smallest absolute Gasteiger partial charge is 0.311 e. The quantitative estimate of drug-likeness (QED) is 0.349. The number of methoxy groups -OCH3 is 1. The number of rotatable bonds is 6. The molecule has 1 amide bonds. The zero-order valence-corrected chi connectivity index (χ0v) is 16.9. The van der Waals surface area contributed by atoms with Gasteiger partial charge in [-0.25, -0.2) is 0 Å². The number of hydrogen-bond acceptors (Lipinski definition) is 7. The Morgan fingerprint density at radius 2 is 2.11 bits per heavy atom. The Balaban J connectivity index is 1.74. The fraction of sp³-hybridized carbons (Fsp3) is 0.188. The summed E-state index contributed by atoms with van der Waals surface area (Å²) in [6.45, 7) is 1.66. The van der Waals surface area contributed by atoms with Crippen molar-refractivity contribution >= 4 is 57.9 Å². The molecule has 0 spiro atoms. The van der Waals surface area contributed by atoms with Gasteiger partial charge in [0.25, 0.3) is 0 Å². The summed E-state index contributed by atoms with van der Waals surface area (Å²) in [6.07, 6.45) is 1.61. The number of nitrogens with zero attached hydrogens (tertiary/aromatic N) is 4. The Morgan fingerprint density at radius 3 is 2.79 bits per heavy atom. The first-order valence-electron chi connectivity index (χ1n) is 7.75. The molecule has 0 unspecified atom stereocenters.